The van der Waals surface area contributed by atoms with E-state index in [9.17, 15) is 4.79 Å². The quantitative estimate of drug-likeness (QED) is 0.596. The van der Waals surface area contributed by atoms with Gasteiger partial charge in [0.2, 0.25) is 5.91 Å². The molecule has 1 amide bonds. The van der Waals surface area contributed by atoms with Crippen molar-refractivity contribution in [1.29, 1.82) is 0 Å². The Hall–Kier alpha value is -0.830. The van der Waals surface area contributed by atoms with Crippen LogP contribution in [-0.4, -0.2) is 30.9 Å². The first-order valence-corrected chi connectivity index (χ1v) is 3.87. The molecule has 0 bridgehead atoms. The Bertz CT molecular complexity index is 163. The number of hydrogen-bond donors (Lipinski definition) is 1. The van der Waals surface area contributed by atoms with Gasteiger partial charge in [0, 0.05) is 18.7 Å². The monoisotopic (exact) mass is 156 g/mol. The molecule has 1 aliphatic heterocycles. The van der Waals surface area contributed by atoms with E-state index < -0.39 is 0 Å². The number of amides is 1. The van der Waals surface area contributed by atoms with E-state index in [0.29, 0.717) is 6.54 Å². The van der Waals surface area contributed by atoms with Crippen molar-refractivity contribution in [2.24, 2.45) is 5.73 Å². The lowest BCUT2D eigenvalue weighted by molar-refractivity contribution is -0.114. The third-order valence-electron chi connectivity index (χ3n) is 1.41. The molecule has 3 nitrogen and oxygen atoms in total. The molecule has 11 heavy (non-hydrogen) atoms. The normalized spacial score (nSPS) is 16.8. The summed E-state index contributed by atoms with van der Waals surface area (Å²) in [4.78, 5) is 12.5. The maximum atomic E-state index is 10.5. The molecule has 0 aromatic heterocycles. The second-order valence-corrected chi connectivity index (χ2v) is 2.29. The average molecular weight is 156 g/mol. The lowest BCUT2D eigenvalue weighted by Gasteiger charge is -2.04. The van der Waals surface area contributed by atoms with Crippen molar-refractivity contribution in [2.45, 2.75) is 13.8 Å². The molecule has 0 saturated heterocycles. The van der Waals surface area contributed by atoms with Crippen LogP contribution >= 0.6 is 0 Å². The minimum Gasteiger partial charge on any atom is -0.366 e. The first-order chi connectivity index (χ1) is 5.20. The Labute approximate surface area is 67.9 Å². The summed E-state index contributed by atoms with van der Waals surface area (Å²) in [6, 6.07) is 0. The molecule has 0 unspecified atom stereocenters. The van der Waals surface area contributed by atoms with Gasteiger partial charge in [-0.3, -0.25) is 9.69 Å². The zero-order chi connectivity index (χ0) is 8.85. The third kappa shape index (κ3) is 3.18. The molecule has 0 aromatic rings. The van der Waals surface area contributed by atoms with E-state index in [1.165, 1.54) is 0 Å². The number of hydrogen-bond acceptors (Lipinski definition) is 2. The van der Waals surface area contributed by atoms with E-state index >= 15 is 0 Å². The van der Waals surface area contributed by atoms with Gasteiger partial charge in [-0.25, -0.2) is 0 Å². The second-order valence-electron chi connectivity index (χ2n) is 2.29. The molecule has 0 aromatic carbocycles. The van der Waals surface area contributed by atoms with Gasteiger partial charge in [0.25, 0.3) is 0 Å². The van der Waals surface area contributed by atoms with E-state index in [2.05, 4.69) is 0 Å². The van der Waals surface area contributed by atoms with Crippen LogP contribution in [0.5, 0.6) is 0 Å². The van der Waals surface area contributed by atoms with E-state index in [0.717, 1.165) is 12.1 Å². The SMILES string of the molecule is CC.CN1CC=C(C(N)=O)C1. The fourth-order valence-corrected chi connectivity index (χ4v) is 0.864. The number of nitrogens with two attached hydrogens (primary N) is 1. The Morgan fingerprint density at radius 2 is 2.18 bits per heavy atom. The van der Waals surface area contributed by atoms with Crippen LogP contribution in [0.2, 0.25) is 0 Å². The Kier molecular flexibility index (Phi) is 4.54. The second kappa shape index (κ2) is 4.91. The number of rotatable bonds is 1. The lowest BCUT2D eigenvalue weighted by atomic mass is 10.3. The van der Waals surface area contributed by atoms with Crippen molar-refractivity contribution in [3.63, 3.8) is 0 Å². The van der Waals surface area contributed by atoms with Gasteiger partial charge in [-0.1, -0.05) is 19.9 Å². The lowest BCUT2D eigenvalue weighted by Crippen LogP contribution is -2.20. The molecule has 0 atom stereocenters. The molecule has 0 saturated carbocycles. The van der Waals surface area contributed by atoms with Gasteiger partial charge in [-0.2, -0.15) is 0 Å². The van der Waals surface area contributed by atoms with E-state index in [1.54, 1.807) is 0 Å². The number of primary amides is 1. The minimum atomic E-state index is -0.292. The highest BCUT2D eigenvalue weighted by Crippen LogP contribution is 2.04. The van der Waals surface area contributed by atoms with Crippen molar-refractivity contribution in [1.82, 2.24) is 4.90 Å². The average Bonchev–Trinajstić information content (AvgIpc) is 2.40. The minimum absolute atomic E-state index is 0.292. The molecule has 1 heterocycles. The molecule has 0 aliphatic carbocycles. The first-order valence-electron chi connectivity index (χ1n) is 3.87. The maximum Gasteiger partial charge on any atom is 0.245 e. The van der Waals surface area contributed by atoms with Crippen molar-refractivity contribution < 1.29 is 4.79 Å². The zero-order valence-corrected chi connectivity index (χ0v) is 7.42. The van der Waals surface area contributed by atoms with Crippen LogP contribution in [0.25, 0.3) is 0 Å². The zero-order valence-electron chi connectivity index (χ0n) is 7.42. The Morgan fingerprint density at radius 1 is 1.64 bits per heavy atom. The molecule has 64 valence electrons. The van der Waals surface area contributed by atoms with Crippen molar-refractivity contribution >= 4 is 5.91 Å². The summed E-state index contributed by atoms with van der Waals surface area (Å²) < 4.78 is 0. The Morgan fingerprint density at radius 3 is 2.36 bits per heavy atom. The fourth-order valence-electron chi connectivity index (χ4n) is 0.864. The van der Waals surface area contributed by atoms with Crippen LogP contribution < -0.4 is 5.73 Å². The predicted octanol–water partition coefficient (Wildman–Crippen LogP) is 0.370. The number of nitrogens with zero attached hydrogens (tertiary/aromatic N) is 1. The molecule has 0 spiro atoms. The number of carbonyl (C=O) groups is 1. The number of likely N-dealkylation sites (N-methyl/N-ethyl adjacent to an activating group) is 1. The summed E-state index contributed by atoms with van der Waals surface area (Å²) >= 11 is 0. The fraction of sp³-hybridized carbons (Fsp3) is 0.625. The summed E-state index contributed by atoms with van der Waals surface area (Å²) in [5, 5.41) is 0. The van der Waals surface area contributed by atoms with Gasteiger partial charge in [0.15, 0.2) is 0 Å². The summed E-state index contributed by atoms with van der Waals surface area (Å²) in [7, 11) is 1.95. The van der Waals surface area contributed by atoms with Crippen LogP contribution in [0.15, 0.2) is 11.6 Å². The molecular weight excluding hydrogens is 140 g/mol. The van der Waals surface area contributed by atoms with Crippen LogP contribution in [0, 0.1) is 0 Å². The van der Waals surface area contributed by atoms with E-state index in [4.69, 9.17) is 5.73 Å². The van der Waals surface area contributed by atoms with Crippen molar-refractivity contribution in [2.75, 3.05) is 20.1 Å². The van der Waals surface area contributed by atoms with Gasteiger partial charge >= 0.3 is 0 Å². The summed E-state index contributed by atoms with van der Waals surface area (Å²) in [6.07, 6.45) is 1.86. The van der Waals surface area contributed by atoms with E-state index in [-0.39, 0.29) is 5.91 Å². The van der Waals surface area contributed by atoms with Crippen LogP contribution in [0.1, 0.15) is 13.8 Å². The van der Waals surface area contributed by atoms with Crippen LogP contribution in [0.4, 0.5) is 0 Å². The van der Waals surface area contributed by atoms with Crippen LogP contribution in [0.3, 0.4) is 0 Å². The van der Waals surface area contributed by atoms with Crippen molar-refractivity contribution in [3.8, 4) is 0 Å². The standard InChI is InChI=1S/C6H10N2O.C2H6/c1-8-3-2-5(4-8)6(7)9;1-2/h2H,3-4H2,1H3,(H2,7,9);1-2H3. The van der Waals surface area contributed by atoms with Gasteiger partial charge < -0.3 is 5.73 Å². The summed E-state index contributed by atoms with van der Waals surface area (Å²) in [6.45, 7) is 5.55. The molecule has 0 radical (unpaired) electrons. The Balaban J connectivity index is 0.000000461. The van der Waals surface area contributed by atoms with E-state index in [1.807, 2.05) is 31.9 Å². The molecular formula is C8H16N2O. The summed E-state index contributed by atoms with van der Waals surface area (Å²) in [5.74, 6) is -0.292. The number of carbonyl (C=O) groups excluding carboxylic acids is 1. The topological polar surface area (TPSA) is 46.3 Å². The van der Waals surface area contributed by atoms with Gasteiger partial charge in [-0.15, -0.1) is 0 Å². The third-order valence-corrected chi connectivity index (χ3v) is 1.41. The van der Waals surface area contributed by atoms with Crippen LogP contribution in [-0.2, 0) is 4.79 Å². The molecule has 0 fully saturated rings. The van der Waals surface area contributed by atoms with Gasteiger partial charge in [0.05, 0.1) is 0 Å². The van der Waals surface area contributed by atoms with Gasteiger partial charge in [0.1, 0.15) is 0 Å². The van der Waals surface area contributed by atoms with Crippen molar-refractivity contribution in [3.05, 3.63) is 11.6 Å². The predicted molar refractivity (Wildman–Crippen MR) is 46.1 cm³/mol. The molecule has 1 aliphatic rings. The maximum absolute atomic E-state index is 10.5. The smallest absolute Gasteiger partial charge is 0.245 e. The summed E-state index contributed by atoms with van der Waals surface area (Å²) in [5.41, 5.74) is 5.76. The molecule has 2 N–H and O–H groups in total. The largest absolute Gasteiger partial charge is 0.366 e. The molecule has 1 rings (SSSR count). The molecule has 3 heteroatoms. The van der Waals surface area contributed by atoms with Gasteiger partial charge in [-0.05, 0) is 7.05 Å². The first kappa shape index (κ1) is 10.2. The highest BCUT2D eigenvalue weighted by atomic mass is 16.1. The highest BCUT2D eigenvalue weighted by molar-refractivity contribution is 5.92. The highest BCUT2D eigenvalue weighted by Gasteiger charge is 2.12.